The van der Waals surface area contributed by atoms with Crippen LogP contribution >= 0.6 is 11.3 Å². The summed E-state index contributed by atoms with van der Waals surface area (Å²) in [5.41, 5.74) is 2.06. The van der Waals surface area contributed by atoms with E-state index in [1.54, 1.807) is 11.3 Å². The number of nitrogens with zero attached hydrogens (tertiary/aromatic N) is 1. The van der Waals surface area contributed by atoms with Gasteiger partial charge in [-0.25, -0.2) is 4.98 Å². The molecular weight excluding hydrogens is 312 g/mol. The van der Waals surface area contributed by atoms with E-state index in [0.29, 0.717) is 6.54 Å². The minimum absolute atomic E-state index is 0.194. The summed E-state index contributed by atoms with van der Waals surface area (Å²) in [5, 5.41) is 16.5. The molecule has 0 bridgehead atoms. The number of thiazole rings is 1. The molecule has 2 aromatic rings. The van der Waals surface area contributed by atoms with Gasteiger partial charge in [-0.15, -0.1) is 11.3 Å². The van der Waals surface area contributed by atoms with Crippen molar-refractivity contribution >= 4 is 11.3 Å². The highest BCUT2D eigenvalue weighted by molar-refractivity contribution is 7.13. The van der Waals surface area contributed by atoms with Gasteiger partial charge in [0.1, 0.15) is 5.01 Å². The van der Waals surface area contributed by atoms with E-state index in [9.17, 15) is 5.11 Å². The van der Waals surface area contributed by atoms with Crippen molar-refractivity contribution in [3.8, 4) is 22.1 Å². The van der Waals surface area contributed by atoms with Crippen molar-refractivity contribution in [1.29, 1.82) is 0 Å². The molecule has 0 saturated heterocycles. The lowest BCUT2D eigenvalue weighted by molar-refractivity contribution is 0.0901. The first-order valence-corrected chi connectivity index (χ1v) is 8.93. The monoisotopic (exact) mass is 332 g/mol. The Labute approximate surface area is 139 Å². The van der Waals surface area contributed by atoms with Crippen molar-refractivity contribution in [3.05, 3.63) is 29.3 Å². The quantitative estimate of drug-likeness (QED) is 0.901. The van der Waals surface area contributed by atoms with E-state index in [1.165, 1.54) is 6.42 Å². The first-order chi connectivity index (χ1) is 11.3. The highest BCUT2D eigenvalue weighted by Crippen LogP contribution is 2.36. The van der Waals surface area contributed by atoms with Gasteiger partial charge in [-0.3, -0.25) is 0 Å². The summed E-state index contributed by atoms with van der Waals surface area (Å²) in [5.74, 6) is 1.57. The molecule has 23 heavy (non-hydrogen) atoms. The molecular formula is C17H20N2O3S. The van der Waals surface area contributed by atoms with Crippen LogP contribution in [0.1, 0.15) is 31.4 Å². The van der Waals surface area contributed by atoms with Crippen molar-refractivity contribution < 1.29 is 14.6 Å². The van der Waals surface area contributed by atoms with E-state index in [1.807, 2.05) is 18.2 Å². The predicted octanol–water partition coefficient (Wildman–Crippen LogP) is 2.93. The van der Waals surface area contributed by atoms with Gasteiger partial charge >= 0.3 is 0 Å². The summed E-state index contributed by atoms with van der Waals surface area (Å²) in [4.78, 5) is 4.69. The van der Waals surface area contributed by atoms with Crippen LogP contribution in [-0.4, -0.2) is 29.0 Å². The highest BCUT2D eigenvalue weighted by atomic mass is 32.1. The minimum atomic E-state index is -0.226. The maximum Gasteiger partial charge on any atom is 0.231 e. The van der Waals surface area contributed by atoms with Crippen molar-refractivity contribution in [2.45, 2.75) is 44.4 Å². The van der Waals surface area contributed by atoms with Crippen LogP contribution in [0, 0.1) is 0 Å². The van der Waals surface area contributed by atoms with E-state index in [2.05, 4.69) is 10.7 Å². The molecule has 0 radical (unpaired) electrons. The Hall–Kier alpha value is -1.63. The van der Waals surface area contributed by atoms with Gasteiger partial charge < -0.3 is 19.9 Å². The van der Waals surface area contributed by atoms with Crippen LogP contribution in [0.2, 0.25) is 0 Å². The van der Waals surface area contributed by atoms with Crippen LogP contribution in [-0.2, 0) is 6.54 Å². The lowest BCUT2D eigenvalue weighted by Gasteiger charge is -2.28. The smallest absolute Gasteiger partial charge is 0.231 e. The standard InChI is InChI=1S/C17H20N2O3S/c20-14-4-2-1-3-13(14)18-8-12-9-23-17(19-12)11-5-6-15-16(7-11)22-10-21-15/h5-7,9,13-14,18,20H,1-4,8,10H2. The molecule has 1 aromatic carbocycles. The van der Waals surface area contributed by atoms with Gasteiger partial charge in [-0.1, -0.05) is 12.8 Å². The average molecular weight is 332 g/mol. The number of aliphatic hydroxyl groups is 1. The maximum absolute atomic E-state index is 10.0. The number of aliphatic hydroxyl groups excluding tert-OH is 1. The molecule has 1 aromatic heterocycles. The molecule has 1 fully saturated rings. The van der Waals surface area contributed by atoms with Crippen LogP contribution < -0.4 is 14.8 Å². The Morgan fingerprint density at radius 1 is 1.22 bits per heavy atom. The fourth-order valence-corrected chi connectivity index (χ4v) is 3.95. The molecule has 5 nitrogen and oxygen atoms in total. The fourth-order valence-electron chi connectivity index (χ4n) is 3.14. The first kappa shape index (κ1) is 14.9. The van der Waals surface area contributed by atoms with Crippen LogP contribution in [0.5, 0.6) is 11.5 Å². The highest BCUT2D eigenvalue weighted by Gasteiger charge is 2.22. The van der Waals surface area contributed by atoms with E-state index < -0.39 is 0 Å². The summed E-state index contributed by atoms with van der Waals surface area (Å²) in [7, 11) is 0. The third-order valence-corrected chi connectivity index (χ3v) is 5.39. The molecule has 1 saturated carbocycles. The van der Waals surface area contributed by atoms with E-state index in [-0.39, 0.29) is 18.9 Å². The molecule has 2 aliphatic rings. The van der Waals surface area contributed by atoms with E-state index in [0.717, 1.165) is 47.0 Å². The Balaban J connectivity index is 1.42. The van der Waals surface area contributed by atoms with Crippen molar-refractivity contribution in [2.24, 2.45) is 0 Å². The minimum Gasteiger partial charge on any atom is -0.454 e. The Morgan fingerprint density at radius 3 is 3.00 bits per heavy atom. The topological polar surface area (TPSA) is 63.6 Å². The van der Waals surface area contributed by atoms with Crippen molar-refractivity contribution in [2.75, 3.05) is 6.79 Å². The first-order valence-electron chi connectivity index (χ1n) is 8.05. The molecule has 0 amide bonds. The van der Waals surface area contributed by atoms with Gasteiger partial charge in [0.25, 0.3) is 0 Å². The summed E-state index contributed by atoms with van der Waals surface area (Å²) in [6.07, 6.45) is 4.03. The lowest BCUT2D eigenvalue weighted by atomic mass is 9.92. The number of fused-ring (bicyclic) bond motifs is 1. The number of ether oxygens (including phenoxy) is 2. The van der Waals surface area contributed by atoms with Gasteiger partial charge in [0.15, 0.2) is 11.5 Å². The second-order valence-corrected chi connectivity index (χ2v) is 6.91. The third kappa shape index (κ3) is 3.20. The van der Waals surface area contributed by atoms with Crippen molar-refractivity contribution in [1.82, 2.24) is 10.3 Å². The normalized spacial score (nSPS) is 23.2. The second-order valence-electron chi connectivity index (χ2n) is 6.05. The van der Waals surface area contributed by atoms with Gasteiger partial charge in [0, 0.05) is 23.5 Å². The van der Waals surface area contributed by atoms with E-state index >= 15 is 0 Å². The predicted molar refractivity (Wildman–Crippen MR) is 88.8 cm³/mol. The van der Waals surface area contributed by atoms with Crippen molar-refractivity contribution in [3.63, 3.8) is 0 Å². The number of nitrogens with one attached hydrogen (secondary N) is 1. The molecule has 122 valence electrons. The maximum atomic E-state index is 10.0. The zero-order valence-corrected chi connectivity index (χ0v) is 13.6. The zero-order chi connectivity index (χ0) is 15.6. The van der Waals surface area contributed by atoms with Gasteiger partial charge in [-0.2, -0.15) is 0 Å². The molecule has 4 rings (SSSR count). The van der Waals surface area contributed by atoms with Gasteiger partial charge in [0.2, 0.25) is 6.79 Å². The summed E-state index contributed by atoms with van der Waals surface area (Å²) < 4.78 is 10.8. The molecule has 2 unspecified atom stereocenters. The van der Waals surface area contributed by atoms with Gasteiger partial charge in [0.05, 0.1) is 11.8 Å². The second kappa shape index (κ2) is 6.47. The number of benzene rings is 1. The number of aromatic nitrogens is 1. The molecule has 2 atom stereocenters. The fraction of sp³-hybridized carbons (Fsp3) is 0.471. The zero-order valence-electron chi connectivity index (χ0n) is 12.8. The average Bonchev–Trinajstić information content (AvgIpc) is 3.22. The van der Waals surface area contributed by atoms with Crippen LogP contribution in [0.4, 0.5) is 0 Å². The molecule has 1 aliphatic carbocycles. The molecule has 6 heteroatoms. The summed E-state index contributed by atoms with van der Waals surface area (Å²) in [6.45, 7) is 0.984. The van der Waals surface area contributed by atoms with Gasteiger partial charge in [-0.05, 0) is 31.0 Å². The Kier molecular flexibility index (Phi) is 4.20. The Morgan fingerprint density at radius 2 is 2.09 bits per heavy atom. The summed E-state index contributed by atoms with van der Waals surface area (Å²) in [6, 6.07) is 6.10. The molecule has 2 heterocycles. The largest absolute Gasteiger partial charge is 0.454 e. The van der Waals surface area contributed by atoms with E-state index in [4.69, 9.17) is 14.5 Å². The molecule has 0 spiro atoms. The SMILES string of the molecule is OC1CCCCC1NCc1csc(-c2ccc3c(c2)OCO3)n1. The number of rotatable bonds is 4. The lowest BCUT2D eigenvalue weighted by Crippen LogP contribution is -2.41. The van der Waals surface area contributed by atoms with Crippen LogP contribution in [0.3, 0.4) is 0 Å². The van der Waals surface area contributed by atoms with Crippen LogP contribution in [0.15, 0.2) is 23.6 Å². The summed E-state index contributed by atoms with van der Waals surface area (Å²) >= 11 is 1.63. The molecule has 2 N–H and O–H groups in total. The number of hydrogen-bond acceptors (Lipinski definition) is 6. The Bertz CT molecular complexity index is 688. The molecule has 1 aliphatic heterocycles. The van der Waals surface area contributed by atoms with Crippen LogP contribution in [0.25, 0.3) is 10.6 Å². The third-order valence-electron chi connectivity index (χ3n) is 4.45. The number of hydrogen-bond donors (Lipinski definition) is 2.